The van der Waals surface area contributed by atoms with Crippen molar-refractivity contribution in [3.63, 3.8) is 0 Å². The molecule has 0 bridgehead atoms. The topological polar surface area (TPSA) is 85.3 Å². The number of nitrogens with zero attached hydrogens (tertiary/aromatic N) is 1. The summed E-state index contributed by atoms with van der Waals surface area (Å²) >= 11 is 0. The number of benzene rings is 1. The minimum Gasteiger partial charge on any atom is -0.475 e. The van der Waals surface area contributed by atoms with Gasteiger partial charge in [0, 0.05) is 5.69 Å². The van der Waals surface area contributed by atoms with Gasteiger partial charge in [0.1, 0.15) is 17.4 Å². The first-order valence-corrected chi connectivity index (χ1v) is 4.62. The van der Waals surface area contributed by atoms with Gasteiger partial charge in [-0.15, -0.1) is 0 Å². The quantitative estimate of drug-likeness (QED) is 0.613. The van der Waals surface area contributed by atoms with Gasteiger partial charge >= 0.3 is 5.97 Å². The Morgan fingerprint density at radius 3 is 2.81 bits per heavy atom. The van der Waals surface area contributed by atoms with Gasteiger partial charge in [-0.25, -0.2) is 4.79 Å². The number of ether oxygens (including phenoxy) is 2. The summed E-state index contributed by atoms with van der Waals surface area (Å²) in [4.78, 5) is 11.4. The first-order chi connectivity index (χ1) is 7.58. The van der Waals surface area contributed by atoms with Crippen molar-refractivity contribution >= 4 is 11.7 Å². The van der Waals surface area contributed by atoms with Gasteiger partial charge in [0.05, 0.1) is 7.11 Å². The second-order valence-electron chi connectivity index (χ2n) is 3.14. The van der Waals surface area contributed by atoms with Crippen LogP contribution in [0, 0.1) is 11.3 Å². The van der Waals surface area contributed by atoms with E-state index in [2.05, 4.69) is 4.74 Å². The summed E-state index contributed by atoms with van der Waals surface area (Å²) in [6.07, 6.45) is -0.646. The minimum absolute atomic E-state index is 0.213. The highest BCUT2D eigenvalue weighted by Crippen LogP contribution is 2.23. The van der Waals surface area contributed by atoms with Crippen LogP contribution in [0.1, 0.15) is 17.3 Å². The van der Waals surface area contributed by atoms with E-state index in [-0.39, 0.29) is 11.3 Å². The van der Waals surface area contributed by atoms with Crippen molar-refractivity contribution in [3.8, 4) is 11.8 Å². The number of carbonyl (C=O) groups is 1. The molecule has 1 atom stereocenters. The molecule has 0 saturated carbocycles. The Kier molecular flexibility index (Phi) is 3.72. The van der Waals surface area contributed by atoms with E-state index in [0.717, 1.165) is 0 Å². The first-order valence-electron chi connectivity index (χ1n) is 4.62. The number of esters is 1. The van der Waals surface area contributed by atoms with Crippen molar-refractivity contribution in [1.29, 1.82) is 5.26 Å². The first kappa shape index (κ1) is 11.9. The van der Waals surface area contributed by atoms with E-state index >= 15 is 0 Å². The van der Waals surface area contributed by atoms with Gasteiger partial charge in [0.25, 0.3) is 0 Å². The highest BCUT2D eigenvalue weighted by atomic mass is 16.5. The van der Waals surface area contributed by atoms with Crippen molar-refractivity contribution in [2.45, 2.75) is 13.0 Å². The maximum Gasteiger partial charge on any atom is 0.341 e. The predicted molar refractivity (Wildman–Crippen MR) is 57.9 cm³/mol. The van der Waals surface area contributed by atoms with Crippen molar-refractivity contribution in [3.05, 3.63) is 23.8 Å². The van der Waals surface area contributed by atoms with Crippen LogP contribution in [-0.2, 0) is 4.74 Å². The summed E-state index contributed by atoms with van der Waals surface area (Å²) in [6, 6.07) is 6.48. The zero-order valence-corrected chi connectivity index (χ0v) is 9.06. The molecular weight excluding hydrogens is 208 g/mol. The fourth-order valence-electron chi connectivity index (χ4n) is 1.14. The van der Waals surface area contributed by atoms with E-state index < -0.39 is 12.1 Å². The Labute approximate surface area is 93.4 Å². The summed E-state index contributed by atoms with van der Waals surface area (Å²) in [6.45, 7) is 1.58. The molecule has 0 heterocycles. The Bertz CT molecular complexity index is 437. The van der Waals surface area contributed by atoms with Crippen LogP contribution in [0.15, 0.2) is 18.2 Å². The molecule has 1 aromatic carbocycles. The molecule has 2 N–H and O–H groups in total. The van der Waals surface area contributed by atoms with E-state index in [1.54, 1.807) is 13.0 Å². The minimum atomic E-state index is -0.646. The van der Waals surface area contributed by atoms with Crippen molar-refractivity contribution in [2.75, 3.05) is 12.8 Å². The SMILES string of the molecule is COC(=O)c1cc(N)ccc1OC(C)C#N. The number of nitrogens with two attached hydrogens (primary N) is 1. The highest BCUT2D eigenvalue weighted by Gasteiger charge is 2.15. The van der Waals surface area contributed by atoms with Crippen molar-refractivity contribution in [1.82, 2.24) is 0 Å². The Morgan fingerprint density at radius 1 is 1.56 bits per heavy atom. The number of carbonyl (C=O) groups excluding carboxylic acids is 1. The molecule has 1 rings (SSSR count). The Balaban J connectivity index is 3.08. The largest absolute Gasteiger partial charge is 0.475 e. The molecule has 0 aliphatic heterocycles. The molecule has 0 fully saturated rings. The number of hydrogen-bond acceptors (Lipinski definition) is 5. The summed E-state index contributed by atoms with van der Waals surface area (Å²) < 4.78 is 9.84. The lowest BCUT2D eigenvalue weighted by molar-refractivity contribution is 0.0595. The van der Waals surface area contributed by atoms with Crippen LogP contribution < -0.4 is 10.5 Å². The van der Waals surface area contributed by atoms with Gasteiger partial charge in [-0.3, -0.25) is 0 Å². The molecule has 1 unspecified atom stereocenters. The third-order valence-corrected chi connectivity index (χ3v) is 1.89. The Morgan fingerprint density at radius 2 is 2.25 bits per heavy atom. The van der Waals surface area contributed by atoms with Crippen LogP contribution in [0.2, 0.25) is 0 Å². The summed E-state index contributed by atoms with van der Waals surface area (Å²) in [5.74, 6) is -0.262. The van der Waals surface area contributed by atoms with E-state index in [1.165, 1.54) is 19.2 Å². The highest BCUT2D eigenvalue weighted by molar-refractivity contribution is 5.93. The van der Waals surface area contributed by atoms with Crippen LogP contribution in [-0.4, -0.2) is 19.2 Å². The molecule has 5 nitrogen and oxygen atoms in total. The molecule has 84 valence electrons. The van der Waals surface area contributed by atoms with E-state index in [1.807, 2.05) is 6.07 Å². The molecule has 0 amide bonds. The molecule has 0 aromatic heterocycles. The van der Waals surface area contributed by atoms with Crippen LogP contribution in [0.4, 0.5) is 5.69 Å². The average molecular weight is 220 g/mol. The molecule has 0 saturated heterocycles. The maximum absolute atomic E-state index is 11.4. The zero-order valence-electron chi connectivity index (χ0n) is 9.06. The normalized spacial score (nSPS) is 11.3. The Hall–Kier alpha value is -2.22. The lowest BCUT2D eigenvalue weighted by Gasteiger charge is -2.11. The predicted octanol–water partition coefficient (Wildman–Crippen LogP) is 1.35. The van der Waals surface area contributed by atoms with Gasteiger partial charge in [0.15, 0.2) is 6.10 Å². The van der Waals surface area contributed by atoms with Crippen molar-refractivity contribution in [2.24, 2.45) is 0 Å². The molecule has 16 heavy (non-hydrogen) atoms. The van der Waals surface area contributed by atoms with Gasteiger partial charge in [-0.1, -0.05) is 0 Å². The molecule has 0 aliphatic rings. The zero-order chi connectivity index (χ0) is 12.1. The molecule has 0 aliphatic carbocycles. The van der Waals surface area contributed by atoms with Crippen molar-refractivity contribution < 1.29 is 14.3 Å². The number of rotatable bonds is 3. The van der Waals surface area contributed by atoms with Crippen LogP contribution in [0.25, 0.3) is 0 Å². The molecule has 5 heteroatoms. The average Bonchev–Trinajstić information content (AvgIpc) is 2.30. The lowest BCUT2D eigenvalue weighted by Crippen LogP contribution is -2.12. The monoisotopic (exact) mass is 220 g/mol. The van der Waals surface area contributed by atoms with Gasteiger partial charge < -0.3 is 15.2 Å². The lowest BCUT2D eigenvalue weighted by atomic mass is 10.2. The second-order valence-corrected chi connectivity index (χ2v) is 3.14. The van der Waals surface area contributed by atoms with E-state index in [9.17, 15) is 4.79 Å². The fraction of sp³-hybridized carbons (Fsp3) is 0.273. The van der Waals surface area contributed by atoms with Gasteiger partial charge in [-0.2, -0.15) is 5.26 Å². The third kappa shape index (κ3) is 2.64. The van der Waals surface area contributed by atoms with Crippen LogP contribution >= 0.6 is 0 Å². The molecular formula is C11H12N2O3. The third-order valence-electron chi connectivity index (χ3n) is 1.89. The number of hydrogen-bond donors (Lipinski definition) is 1. The fourth-order valence-corrected chi connectivity index (χ4v) is 1.14. The smallest absolute Gasteiger partial charge is 0.341 e. The van der Waals surface area contributed by atoms with Crippen LogP contribution in [0.5, 0.6) is 5.75 Å². The second kappa shape index (κ2) is 5.03. The number of nitrogen functional groups attached to an aromatic ring is 1. The summed E-state index contributed by atoms with van der Waals surface area (Å²) in [5.41, 5.74) is 6.20. The number of anilines is 1. The molecule has 1 aromatic rings. The van der Waals surface area contributed by atoms with Gasteiger partial charge in [0.2, 0.25) is 0 Å². The summed E-state index contributed by atoms with van der Waals surface area (Å²) in [7, 11) is 1.27. The number of nitriles is 1. The molecule has 0 radical (unpaired) electrons. The molecule has 0 spiro atoms. The van der Waals surface area contributed by atoms with E-state index in [0.29, 0.717) is 5.69 Å². The maximum atomic E-state index is 11.4. The van der Waals surface area contributed by atoms with Gasteiger partial charge in [-0.05, 0) is 25.1 Å². The standard InChI is InChI=1S/C11H12N2O3/c1-7(6-12)16-10-4-3-8(13)5-9(10)11(14)15-2/h3-5,7H,13H2,1-2H3. The number of methoxy groups -OCH3 is 1. The van der Waals surface area contributed by atoms with E-state index in [4.69, 9.17) is 15.7 Å². The summed E-state index contributed by atoms with van der Waals surface area (Å²) in [5, 5.41) is 8.62. The van der Waals surface area contributed by atoms with Crippen LogP contribution in [0.3, 0.4) is 0 Å².